The van der Waals surface area contributed by atoms with Crippen LogP contribution in [0.1, 0.15) is 61.8 Å². The van der Waals surface area contributed by atoms with Gasteiger partial charge in [-0.2, -0.15) is 0 Å². The minimum atomic E-state index is 0.937. The van der Waals surface area contributed by atoms with Crippen LogP contribution in [0.15, 0.2) is 12.1 Å². The minimum Gasteiger partial charge on any atom is -0.0625 e. The molecule has 0 aliphatic heterocycles. The Labute approximate surface area is 113 Å². The second-order valence-corrected chi connectivity index (χ2v) is 6.32. The summed E-state index contributed by atoms with van der Waals surface area (Å²) in [5.41, 5.74) is 6.20. The first-order chi connectivity index (χ1) is 8.61. The van der Waals surface area contributed by atoms with E-state index in [1.807, 2.05) is 0 Å². The third-order valence-corrected chi connectivity index (χ3v) is 5.04. The maximum Gasteiger partial charge on any atom is -0.0248 e. The van der Waals surface area contributed by atoms with E-state index in [0.29, 0.717) is 0 Å². The molecule has 0 spiro atoms. The summed E-state index contributed by atoms with van der Waals surface area (Å²) >= 11 is 0. The summed E-state index contributed by atoms with van der Waals surface area (Å²) in [7, 11) is 0. The number of rotatable bonds is 3. The molecule has 0 heteroatoms. The van der Waals surface area contributed by atoms with E-state index in [2.05, 4.69) is 39.8 Å². The zero-order valence-electron chi connectivity index (χ0n) is 12.6. The van der Waals surface area contributed by atoms with Crippen molar-refractivity contribution in [2.75, 3.05) is 0 Å². The van der Waals surface area contributed by atoms with Gasteiger partial charge in [0.05, 0.1) is 0 Å². The summed E-state index contributed by atoms with van der Waals surface area (Å²) in [5, 5.41) is 0. The average molecular weight is 244 g/mol. The molecule has 0 aromatic heterocycles. The van der Waals surface area contributed by atoms with Gasteiger partial charge in [0.25, 0.3) is 0 Å². The van der Waals surface area contributed by atoms with E-state index in [4.69, 9.17) is 0 Å². The summed E-state index contributed by atoms with van der Waals surface area (Å²) in [6.07, 6.45) is 8.23. The van der Waals surface area contributed by atoms with Gasteiger partial charge in [-0.15, -0.1) is 0 Å². The first kappa shape index (κ1) is 13.6. The van der Waals surface area contributed by atoms with E-state index >= 15 is 0 Å². The van der Waals surface area contributed by atoms with Crippen LogP contribution in [0.25, 0.3) is 0 Å². The molecule has 100 valence electrons. The van der Waals surface area contributed by atoms with Gasteiger partial charge in [0.15, 0.2) is 0 Å². The van der Waals surface area contributed by atoms with E-state index in [1.54, 1.807) is 11.1 Å². The topological polar surface area (TPSA) is 0 Å². The maximum atomic E-state index is 2.40. The van der Waals surface area contributed by atoms with Gasteiger partial charge >= 0.3 is 0 Å². The summed E-state index contributed by atoms with van der Waals surface area (Å²) < 4.78 is 0. The van der Waals surface area contributed by atoms with Crippen LogP contribution >= 0.6 is 0 Å². The molecule has 1 aromatic rings. The van der Waals surface area contributed by atoms with Crippen molar-refractivity contribution in [2.45, 2.75) is 66.2 Å². The molecule has 1 saturated carbocycles. The van der Waals surface area contributed by atoms with Crippen molar-refractivity contribution in [2.24, 2.45) is 11.8 Å². The molecule has 0 N–H and O–H groups in total. The fourth-order valence-corrected chi connectivity index (χ4v) is 3.38. The summed E-state index contributed by atoms with van der Waals surface area (Å²) in [5.74, 6) is 1.90. The van der Waals surface area contributed by atoms with E-state index < -0.39 is 0 Å². The first-order valence-electron chi connectivity index (χ1n) is 7.69. The molecule has 2 rings (SSSR count). The van der Waals surface area contributed by atoms with Gasteiger partial charge in [-0.3, -0.25) is 0 Å². The zero-order chi connectivity index (χ0) is 13.1. The molecular weight excluding hydrogens is 216 g/mol. The van der Waals surface area contributed by atoms with Crippen LogP contribution in [0.4, 0.5) is 0 Å². The quantitative estimate of drug-likeness (QED) is 0.682. The lowest BCUT2D eigenvalue weighted by molar-refractivity contribution is 0.288. The van der Waals surface area contributed by atoms with Gasteiger partial charge in [0.2, 0.25) is 0 Å². The van der Waals surface area contributed by atoms with Crippen molar-refractivity contribution < 1.29 is 0 Å². The third kappa shape index (κ3) is 2.96. The zero-order valence-corrected chi connectivity index (χ0v) is 12.6. The average Bonchev–Trinajstić information content (AvgIpc) is 2.38. The van der Waals surface area contributed by atoms with Crippen LogP contribution in [0.5, 0.6) is 0 Å². The molecule has 0 amide bonds. The van der Waals surface area contributed by atoms with Crippen molar-refractivity contribution in [1.29, 1.82) is 0 Å². The molecule has 0 heterocycles. The molecule has 0 unspecified atom stereocenters. The van der Waals surface area contributed by atoms with Crippen LogP contribution in [-0.4, -0.2) is 0 Å². The van der Waals surface area contributed by atoms with Crippen molar-refractivity contribution in [3.63, 3.8) is 0 Å². The van der Waals surface area contributed by atoms with Crippen LogP contribution < -0.4 is 0 Å². The Bertz CT molecular complexity index is 395. The Morgan fingerprint density at radius 1 is 0.944 bits per heavy atom. The smallest absolute Gasteiger partial charge is 0.0248 e. The fourth-order valence-electron chi connectivity index (χ4n) is 3.38. The lowest BCUT2D eigenvalue weighted by Crippen LogP contribution is -2.15. The Kier molecular flexibility index (Phi) is 4.48. The largest absolute Gasteiger partial charge is 0.0625 e. The molecule has 0 saturated heterocycles. The highest BCUT2D eigenvalue weighted by molar-refractivity contribution is 5.39. The normalized spacial score (nSPS) is 24.2. The van der Waals surface area contributed by atoms with Crippen molar-refractivity contribution in [3.8, 4) is 0 Å². The number of benzene rings is 1. The third-order valence-electron chi connectivity index (χ3n) is 5.04. The Balaban J connectivity index is 2.08. The monoisotopic (exact) mass is 244 g/mol. The second-order valence-electron chi connectivity index (χ2n) is 6.32. The van der Waals surface area contributed by atoms with Gasteiger partial charge < -0.3 is 0 Å². The Morgan fingerprint density at radius 2 is 1.50 bits per heavy atom. The van der Waals surface area contributed by atoms with Gasteiger partial charge in [0.1, 0.15) is 0 Å². The van der Waals surface area contributed by atoms with Crippen molar-refractivity contribution >= 4 is 0 Å². The lowest BCUT2D eigenvalue weighted by atomic mass is 9.79. The molecule has 18 heavy (non-hydrogen) atoms. The van der Waals surface area contributed by atoms with Crippen LogP contribution in [-0.2, 0) is 12.8 Å². The molecular formula is C18H28. The predicted molar refractivity (Wildman–Crippen MR) is 80.1 cm³/mol. The predicted octanol–water partition coefficient (Wildman–Crippen LogP) is 5.23. The molecule has 0 nitrogen and oxygen atoms in total. The number of aryl methyl sites for hydroxylation is 1. The van der Waals surface area contributed by atoms with E-state index in [0.717, 1.165) is 18.3 Å². The van der Waals surface area contributed by atoms with Crippen molar-refractivity contribution in [3.05, 3.63) is 34.4 Å². The molecule has 1 aliphatic rings. The highest BCUT2D eigenvalue weighted by Gasteiger charge is 2.19. The molecule has 0 radical (unpaired) electrons. The summed E-state index contributed by atoms with van der Waals surface area (Å²) in [6, 6.07) is 4.74. The van der Waals surface area contributed by atoms with Crippen molar-refractivity contribution in [1.82, 2.24) is 0 Å². The van der Waals surface area contributed by atoms with Gasteiger partial charge in [-0.1, -0.05) is 38.8 Å². The lowest BCUT2D eigenvalue weighted by Gasteiger charge is -2.27. The fraction of sp³-hybridized carbons (Fsp3) is 0.667. The summed E-state index contributed by atoms with van der Waals surface area (Å²) in [6.45, 7) is 9.27. The van der Waals surface area contributed by atoms with Crippen LogP contribution in [0.3, 0.4) is 0 Å². The first-order valence-corrected chi connectivity index (χ1v) is 7.69. The van der Waals surface area contributed by atoms with Crippen LogP contribution in [0, 0.1) is 25.7 Å². The SMILES string of the molecule is CCc1ccc(CC2CCC(C)CC2)c(C)c1C. The molecule has 0 bridgehead atoms. The number of hydrogen-bond acceptors (Lipinski definition) is 0. The molecule has 1 aliphatic carbocycles. The second kappa shape index (κ2) is 5.91. The highest BCUT2D eigenvalue weighted by Crippen LogP contribution is 2.32. The Morgan fingerprint density at radius 3 is 2.11 bits per heavy atom. The highest BCUT2D eigenvalue weighted by atomic mass is 14.2. The van der Waals surface area contributed by atoms with E-state index in [9.17, 15) is 0 Å². The molecule has 0 atom stereocenters. The summed E-state index contributed by atoms with van der Waals surface area (Å²) in [4.78, 5) is 0. The Hall–Kier alpha value is -0.780. The van der Waals surface area contributed by atoms with Gasteiger partial charge in [0, 0.05) is 0 Å². The maximum absolute atomic E-state index is 2.40. The van der Waals surface area contributed by atoms with E-state index in [-0.39, 0.29) is 0 Å². The van der Waals surface area contributed by atoms with Crippen LogP contribution in [0.2, 0.25) is 0 Å². The molecule has 1 fully saturated rings. The van der Waals surface area contributed by atoms with Gasteiger partial charge in [-0.25, -0.2) is 0 Å². The number of hydrogen-bond donors (Lipinski definition) is 0. The minimum absolute atomic E-state index is 0.937. The molecule has 1 aromatic carbocycles. The van der Waals surface area contributed by atoms with E-state index in [1.165, 1.54) is 43.2 Å². The standard InChI is InChI=1S/C18H28/c1-5-17-10-11-18(15(4)14(17)3)12-16-8-6-13(2)7-9-16/h10-11,13,16H,5-9,12H2,1-4H3. The van der Waals surface area contributed by atoms with Gasteiger partial charge in [-0.05, 0) is 73.6 Å².